The summed E-state index contributed by atoms with van der Waals surface area (Å²) in [5, 5.41) is -0.0645. The molecule has 1 fully saturated rings. The third-order valence-corrected chi connectivity index (χ3v) is 4.93. The average molecular weight is 271 g/mol. The molecular weight excluding hydrogens is 254 g/mol. The highest BCUT2D eigenvalue weighted by molar-refractivity contribution is 7.89. The number of aromatic nitrogens is 1. The summed E-state index contributed by atoms with van der Waals surface area (Å²) in [5.74, 6) is 0. The number of pyridine rings is 1. The third-order valence-electron chi connectivity index (χ3n) is 3.00. The highest BCUT2D eigenvalue weighted by Crippen LogP contribution is 2.24. The van der Waals surface area contributed by atoms with Gasteiger partial charge in [0.1, 0.15) is 0 Å². The van der Waals surface area contributed by atoms with Crippen LogP contribution in [0.15, 0.2) is 23.4 Å². The Morgan fingerprint density at radius 3 is 3.06 bits per heavy atom. The van der Waals surface area contributed by atoms with E-state index in [0.29, 0.717) is 26.2 Å². The summed E-state index contributed by atoms with van der Waals surface area (Å²) in [6.07, 6.45) is 2.14. The van der Waals surface area contributed by atoms with Crippen molar-refractivity contribution in [2.75, 3.05) is 25.5 Å². The van der Waals surface area contributed by atoms with Crippen LogP contribution < -0.4 is 5.73 Å². The van der Waals surface area contributed by atoms with E-state index in [-0.39, 0.29) is 16.8 Å². The van der Waals surface area contributed by atoms with Gasteiger partial charge in [-0.05, 0) is 18.6 Å². The van der Waals surface area contributed by atoms with Gasteiger partial charge in [0, 0.05) is 18.8 Å². The molecule has 1 atom stereocenters. The Morgan fingerprint density at radius 1 is 1.61 bits per heavy atom. The van der Waals surface area contributed by atoms with Crippen LogP contribution in [0, 0.1) is 0 Å². The van der Waals surface area contributed by atoms with Crippen LogP contribution in [0.1, 0.15) is 13.3 Å². The predicted octanol–water partition coefficient (Wildman–Crippen LogP) is 0.463. The van der Waals surface area contributed by atoms with Crippen LogP contribution in [0.2, 0.25) is 0 Å². The molecule has 0 radical (unpaired) electrons. The Hall–Kier alpha value is -1.18. The van der Waals surface area contributed by atoms with E-state index < -0.39 is 10.0 Å². The van der Waals surface area contributed by atoms with E-state index in [1.165, 1.54) is 10.5 Å². The van der Waals surface area contributed by atoms with Crippen molar-refractivity contribution in [1.29, 1.82) is 0 Å². The molecule has 6 nitrogen and oxygen atoms in total. The van der Waals surface area contributed by atoms with Crippen LogP contribution in [0.5, 0.6) is 0 Å². The van der Waals surface area contributed by atoms with E-state index in [9.17, 15) is 8.42 Å². The van der Waals surface area contributed by atoms with E-state index in [1.54, 1.807) is 12.1 Å². The number of morpholine rings is 1. The quantitative estimate of drug-likeness (QED) is 0.863. The van der Waals surface area contributed by atoms with Crippen molar-refractivity contribution in [1.82, 2.24) is 9.29 Å². The smallest absolute Gasteiger partial charge is 0.263 e. The molecule has 1 aliphatic heterocycles. The number of ether oxygens (including phenoxy) is 1. The second kappa shape index (κ2) is 5.21. The minimum Gasteiger partial charge on any atom is -0.396 e. The van der Waals surface area contributed by atoms with Gasteiger partial charge < -0.3 is 10.5 Å². The molecule has 1 aromatic rings. The van der Waals surface area contributed by atoms with E-state index in [2.05, 4.69) is 4.98 Å². The fraction of sp³-hybridized carbons (Fsp3) is 0.545. The van der Waals surface area contributed by atoms with Crippen molar-refractivity contribution < 1.29 is 13.2 Å². The lowest BCUT2D eigenvalue weighted by atomic mass is 10.2. The first-order valence-corrected chi connectivity index (χ1v) is 7.31. The minimum atomic E-state index is -3.64. The lowest BCUT2D eigenvalue weighted by molar-refractivity contribution is 0.0313. The van der Waals surface area contributed by atoms with Gasteiger partial charge in [-0.25, -0.2) is 13.4 Å². The number of nitrogens with zero attached hydrogens (tertiary/aromatic N) is 2. The maximum atomic E-state index is 12.5. The fourth-order valence-electron chi connectivity index (χ4n) is 2.01. The van der Waals surface area contributed by atoms with Crippen molar-refractivity contribution in [2.45, 2.75) is 24.4 Å². The van der Waals surface area contributed by atoms with Crippen LogP contribution in [0.4, 0.5) is 5.69 Å². The molecule has 0 spiro atoms. The summed E-state index contributed by atoms with van der Waals surface area (Å²) in [5.41, 5.74) is 5.88. The lowest BCUT2D eigenvalue weighted by Crippen LogP contribution is -2.48. The van der Waals surface area contributed by atoms with Gasteiger partial charge in [0.05, 0.1) is 18.9 Å². The van der Waals surface area contributed by atoms with E-state index in [4.69, 9.17) is 10.5 Å². The zero-order valence-electron chi connectivity index (χ0n) is 10.2. The molecule has 1 unspecified atom stereocenters. The highest BCUT2D eigenvalue weighted by atomic mass is 32.2. The second-order valence-corrected chi connectivity index (χ2v) is 5.96. The van der Waals surface area contributed by atoms with Gasteiger partial charge in [0.15, 0.2) is 5.03 Å². The SMILES string of the molecule is CCC1COCCN1S(=O)(=O)c1ncccc1N. The molecule has 7 heteroatoms. The minimum absolute atomic E-state index is 0.0645. The summed E-state index contributed by atoms with van der Waals surface area (Å²) in [4.78, 5) is 3.90. The first-order valence-electron chi connectivity index (χ1n) is 5.87. The molecule has 18 heavy (non-hydrogen) atoms. The molecule has 0 bridgehead atoms. The molecule has 2 rings (SSSR count). The second-order valence-electron chi connectivity index (χ2n) is 4.15. The summed E-state index contributed by atoms with van der Waals surface area (Å²) < 4.78 is 31.8. The fourth-order valence-corrected chi connectivity index (χ4v) is 3.71. The number of rotatable bonds is 3. The summed E-state index contributed by atoms with van der Waals surface area (Å²) in [7, 11) is -3.64. The Labute approximate surface area is 107 Å². The Balaban J connectivity index is 2.39. The molecule has 1 aromatic heterocycles. The predicted molar refractivity (Wildman–Crippen MR) is 67.4 cm³/mol. The molecule has 2 N–H and O–H groups in total. The van der Waals surface area contributed by atoms with Crippen molar-refractivity contribution in [3.8, 4) is 0 Å². The van der Waals surface area contributed by atoms with Crippen molar-refractivity contribution in [2.24, 2.45) is 0 Å². The first-order chi connectivity index (χ1) is 8.57. The topological polar surface area (TPSA) is 85.5 Å². The van der Waals surface area contributed by atoms with Gasteiger partial charge in [-0.2, -0.15) is 4.31 Å². The number of anilines is 1. The van der Waals surface area contributed by atoms with Gasteiger partial charge in [-0.3, -0.25) is 0 Å². The maximum Gasteiger partial charge on any atom is 0.263 e. The van der Waals surface area contributed by atoms with E-state index >= 15 is 0 Å². The first kappa shape index (κ1) is 13.3. The molecule has 2 heterocycles. The summed E-state index contributed by atoms with van der Waals surface area (Å²) in [6, 6.07) is 3.01. The number of hydrogen-bond acceptors (Lipinski definition) is 5. The zero-order valence-corrected chi connectivity index (χ0v) is 11.1. The molecule has 100 valence electrons. The Bertz CT molecular complexity index is 518. The van der Waals surface area contributed by atoms with Crippen molar-refractivity contribution in [3.63, 3.8) is 0 Å². The van der Waals surface area contributed by atoms with Gasteiger partial charge in [0.2, 0.25) is 0 Å². The Kier molecular flexibility index (Phi) is 3.84. The highest BCUT2D eigenvalue weighted by Gasteiger charge is 2.34. The van der Waals surface area contributed by atoms with Gasteiger partial charge >= 0.3 is 0 Å². The molecule has 1 aliphatic rings. The monoisotopic (exact) mass is 271 g/mol. The van der Waals surface area contributed by atoms with E-state index in [1.807, 2.05) is 6.92 Å². The van der Waals surface area contributed by atoms with Crippen LogP contribution in [0.3, 0.4) is 0 Å². The molecule has 0 saturated carbocycles. The van der Waals surface area contributed by atoms with Gasteiger partial charge in [-0.15, -0.1) is 0 Å². The third kappa shape index (κ3) is 2.33. The molecule has 0 aliphatic carbocycles. The van der Waals surface area contributed by atoms with Crippen molar-refractivity contribution >= 4 is 15.7 Å². The van der Waals surface area contributed by atoms with Crippen LogP contribution in [-0.4, -0.2) is 43.5 Å². The van der Waals surface area contributed by atoms with Gasteiger partial charge in [0.25, 0.3) is 10.0 Å². The molecule has 0 aromatic carbocycles. The van der Waals surface area contributed by atoms with Crippen LogP contribution in [-0.2, 0) is 14.8 Å². The Morgan fingerprint density at radius 2 is 2.39 bits per heavy atom. The zero-order chi connectivity index (χ0) is 13.2. The van der Waals surface area contributed by atoms with Crippen LogP contribution in [0.25, 0.3) is 0 Å². The van der Waals surface area contributed by atoms with Crippen molar-refractivity contribution in [3.05, 3.63) is 18.3 Å². The lowest BCUT2D eigenvalue weighted by Gasteiger charge is -2.33. The standard InChI is InChI=1S/C11H17N3O3S/c1-2-9-8-17-7-6-14(9)18(15,16)11-10(12)4-3-5-13-11/h3-5,9H,2,6-8,12H2,1H3. The molecular formula is C11H17N3O3S. The van der Waals surface area contributed by atoms with Gasteiger partial charge in [-0.1, -0.05) is 6.92 Å². The number of hydrogen-bond donors (Lipinski definition) is 1. The maximum absolute atomic E-state index is 12.5. The summed E-state index contributed by atoms with van der Waals surface area (Å²) in [6.45, 7) is 3.10. The van der Waals surface area contributed by atoms with E-state index in [0.717, 1.165) is 0 Å². The van der Waals surface area contributed by atoms with Crippen LogP contribution >= 0.6 is 0 Å². The number of nitrogen functional groups attached to an aromatic ring is 1. The normalized spacial score (nSPS) is 21.9. The number of nitrogens with two attached hydrogens (primary N) is 1. The largest absolute Gasteiger partial charge is 0.396 e. The molecule has 0 amide bonds. The molecule has 1 saturated heterocycles. The average Bonchev–Trinajstić information content (AvgIpc) is 2.39. The number of sulfonamides is 1. The summed E-state index contributed by atoms with van der Waals surface area (Å²) >= 11 is 0.